The lowest BCUT2D eigenvalue weighted by molar-refractivity contribution is -0.153. The summed E-state index contributed by atoms with van der Waals surface area (Å²) in [4.78, 5) is 13.6. The fourth-order valence-corrected chi connectivity index (χ4v) is 1.76. The molecule has 0 unspecified atom stereocenters. The summed E-state index contributed by atoms with van der Waals surface area (Å²) in [5.41, 5.74) is 0. The van der Waals surface area contributed by atoms with Gasteiger partial charge in [-0.05, 0) is 5.92 Å². The molecule has 0 aromatic rings. The van der Waals surface area contributed by atoms with Crippen molar-refractivity contribution in [3.63, 3.8) is 0 Å². The van der Waals surface area contributed by atoms with Gasteiger partial charge < -0.3 is 14.2 Å². The molecule has 1 rings (SSSR count). The second-order valence-electron chi connectivity index (χ2n) is 4.62. The van der Waals surface area contributed by atoms with Gasteiger partial charge in [0.2, 0.25) is 0 Å². The molecule has 17 heavy (non-hydrogen) atoms. The number of morpholine rings is 1. The van der Waals surface area contributed by atoms with E-state index < -0.39 is 0 Å². The molecule has 0 aliphatic carbocycles. The van der Waals surface area contributed by atoms with Gasteiger partial charge in [0, 0.05) is 19.7 Å². The zero-order chi connectivity index (χ0) is 12.7. The molecule has 5 heteroatoms. The van der Waals surface area contributed by atoms with E-state index in [0.29, 0.717) is 25.7 Å². The lowest BCUT2D eigenvalue weighted by Crippen LogP contribution is -2.51. The Morgan fingerprint density at radius 3 is 2.94 bits per heavy atom. The van der Waals surface area contributed by atoms with Crippen LogP contribution in [0.25, 0.3) is 0 Å². The molecular weight excluding hydrogens is 222 g/mol. The molecule has 0 bridgehead atoms. The zero-order valence-electron chi connectivity index (χ0n) is 11.0. The van der Waals surface area contributed by atoms with E-state index in [1.54, 1.807) is 0 Å². The number of carbonyl (C=O) groups is 1. The van der Waals surface area contributed by atoms with E-state index in [4.69, 9.17) is 14.2 Å². The molecule has 1 saturated heterocycles. The van der Waals surface area contributed by atoms with Gasteiger partial charge in [-0.15, -0.1) is 0 Å². The third-order valence-electron chi connectivity index (χ3n) is 2.69. The molecule has 1 heterocycles. The first kappa shape index (κ1) is 14.4. The Labute approximate surface area is 103 Å². The van der Waals surface area contributed by atoms with Crippen molar-refractivity contribution >= 4 is 5.97 Å². The van der Waals surface area contributed by atoms with E-state index in [9.17, 15) is 4.79 Å². The standard InChI is InChI=1S/C12H23NO4/c1-10(2)8-16-6-4-13-5-7-17-9-11(13)12(14)15-3/h10-11H,4-9H2,1-3H3/t11-/m1/s1. The van der Waals surface area contributed by atoms with Gasteiger partial charge in [-0.25, -0.2) is 0 Å². The maximum atomic E-state index is 11.5. The summed E-state index contributed by atoms with van der Waals surface area (Å²) in [6, 6.07) is -0.281. The highest BCUT2D eigenvalue weighted by Crippen LogP contribution is 2.08. The van der Waals surface area contributed by atoms with Crippen LogP contribution in [0.5, 0.6) is 0 Å². The smallest absolute Gasteiger partial charge is 0.325 e. The van der Waals surface area contributed by atoms with Crippen LogP contribution in [0.4, 0.5) is 0 Å². The van der Waals surface area contributed by atoms with Crippen LogP contribution in [0.3, 0.4) is 0 Å². The first-order valence-electron chi connectivity index (χ1n) is 6.12. The van der Waals surface area contributed by atoms with Gasteiger partial charge in [0.05, 0.1) is 26.9 Å². The molecule has 0 spiro atoms. The maximum absolute atomic E-state index is 11.5. The van der Waals surface area contributed by atoms with Crippen LogP contribution < -0.4 is 0 Å². The Morgan fingerprint density at radius 2 is 2.29 bits per heavy atom. The third-order valence-corrected chi connectivity index (χ3v) is 2.69. The summed E-state index contributed by atoms with van der Waals surface area (Å²) in [5, 5.41) is 0. The first-order valence-corrected chi connectivity index (χ1v) is 6.12. The van der Waals surface area contributed by atoms with Gasteiger partial charge in [0.15, 0.2) is 0 Å². The molecule has 0 saturated carbocycles. The predicted octanol–water partition coefficient (Wildman–Crippen LogP) is 0.533. The van der Waals surface area contributed by atoms with E-state index in [0.717, 1.165) is 19.7 Å². The van der Waals surface area contributed by atoms with Crippen LogP contribution in [-0.4, -0.2) is 63.5 Å². The largest absolute Gasteiger partial charge is 0.468 e. The summed E-state index contributed by atoms with van der Waals surface area (Å²) in [6.07, 6.45) is 0. The van der Waals surface area contributed by atoms with Crippen LogP contribution in [0.2, 0.25) is 0 Å². The summed E-state index contributed by atoms with van der Waals surface area (Å²) in [7, 11) is 1.41. The van der Waals surface area contributed by atoms with E-state index >= 15 is 0 Å². The number of carbonyl (C=O) groups excluding carboxylic acids is 1. The van der Waals surface area contributed by atoms with Gasteiger partial charge in [-0.2, -0.15) is 0 Å². The Morgan fingerprint density at radius 1 is 1.53 bits per heavy atom. The van der Waals surface area contributed by atoms with Crippen LogP contribution in [0.1, 0.15) is 13.8 Å². The van der Waals surface area contributed by atoms with Gasteiger partial charge in [0.25, 0.3) is 0 Å². The van der Waals surface area contributed by atoms with Crippen molar-refractivity contribution in [1.82, 2.24) is 4.90 Å². The average molecular weight is 245 g/mol. The normalized spacial score (nSPS) is 21.8. The summed E-state index contributed by atoms with van der Waals surface area (Å²) >= 11 is 0. The number of esters is 1. The molecule has 0 amide bonds. The van der Waals surface area contributed by atoms with Crippen molar-refractivity contribution in [3.8, 4) is 0 Å². The molecule has 0 aromatic carbocycles. The quantitative estimate of drug-likeness (QED) is 0.505. The highest BCUT2D eigenvalue weighted by molar-refractivity contribution is 5.75. The molecule has 1 fully saturated rings. The molecule has 0 N–H and O–H groups in total. The van der Waals surface area contributed by atoms with Crippen LogP contribution >= 0.6 is 0 Å². The van der Waals surface area contributed by atoms with E-state index in [1.807, 2.05) is 0 Å². The summed E-state index contributed by atoms with van der Waals surface area (Å²) in [5.74, 6) is 0.310. The van der Waals surface area contributed by atoms with Crippen molar-refractivity contribution in [2.45, 2.75) is 19.9 Å². The number of nitrogens with zero attached hydrogens (tertiary/aromatic N) is 1. The minimum atomic E-state index is -0.281. The molecule has 1 aliphatic rings. The van der Waals surface area contributed by atoms with Crippen LogP contribution in [0, 0.1) is 5.92 Å². The summed E-state index contributed by atoms with van der Waals surface area (Å²) in [6.45, 7) is 8.21. The van der Waals surface area contributed by atoms with Crippen molar-refractivity contribution in [3.05, 3.63) is 0 Å². The van der Waals surface area contributed by atoms with Gasteiger partial charge in [0.1, 0.15) is 6.04 Å². The third kappa shape index (κ3) is 5.02. The molecule has 0 radical (unpaired) electrons. The number of hydrogen-bond acceptors (Lipinski definition) is 5. The molecule has 1 atom stereocenters. The number of rotatable bonds is 6. The molecule has 5 nitrogen and oxygen atoms in total. The van der Waals surface area contributed by atoms with Crippen LogP contribution in [0.15, 0.2) is 0 Å². The molecule has 1 aliphatic heterocycles. The summed E-state index contributed by atoms with van der Waals surface area (Å²) < 4.78 is 15.6. The maximum Gasteiger partial charge on any atom is 0.325 e. The van der Waals surface area contributed by atoms with E-state index in [1.165, 1.54) is 7.11 Å². The minimum Gasteiger partial charge on any atom is -0.468 e. The van der Waals surface area contributed by atoms with Gasteiger partial charge in [-0.3, -0.25) is 9.69 Å². The predicted molar refractivity (Wildman–Crippen MR) is 63.9 cm³/mol. The fraction of sp³-hybridized carbons (Fsp3) is 0.917. The van der Waals surface area contributed by atoms with Crippen molar-refractivity contribution in [2.24, 2.45) is 5.92 Å². The van der Waals surface area contributed by atoms with Crippen molar-refractivity contribution in [1.29, 1.82) is 0 Å². The van der Waals surface area contributed by atoms with Gasteiger partial charge >= 0.3 is 5.97 Å². The molecule has 0 aromatic heterocycles. The van der Waals surface area contributed by atoms with Gasteiger partial charge in [-0.1, -0.05) is 13.8 Å². The number of ether oxygens (including phenoxy) is 3. The average Bonchev–Trinajstić information content (AvgIpc) is 2.34. The van der Waals surface area contributed by atoms with E-state index in [2.05, 4.69) is 18.7 Å². The van der Waals surface area contributed by atoms with Crippen LogP contribution in [-0.2, 0) is 19.0 Å². The second-order valence-corrected chi connectivity index (χ2v) is 4.62. The Balaban J connectivity index is 2.30. The van der Waals surface area contributed by atoms with E-state index in [-0.39, 0.29) is 12.0 Å². The zero-order valence-corrected chi connectivity index (χ0v) is 11.0. The highest BCUT2D eigenvalue weighted by atomic mass is 16.5. The van der Waals surface area contributed by atoms with Crippen molar-refractivity contribution in [2.75, 3.05) is 46.6 Å². The Kier molecular flexibility index (Phi) is 6.47. The molecule has 100 valence electrons. The monoisotopic (exact) mass is 245 g/mol. The molecular formula is C12H23NO4. The SMILES string of the molecule is COC(=O)[C@H]1COCCN1CCOCC(C)C. The lowest BCUT2D eigenvalue weighted by Gasteiger charge is -2.33. The highest BCUT2D eigenvalue weighted by Gasteiger charge is 2.29. The lowest BCUT2D eigenvalue weighted by atomic mass is 10.2. The minimum absolute atomic E-state index is 0.228. The fourth-order valence-electron chi connectivity index (χ4n) is 1.76. The van der Waals surface area contributed by atoms with Crippen molar-refractivity contribution < 1.29 is 19.0 Å². The number of hydrogen-bond donors (Lipinski definition) is 0. The first-order chi connectivity index (χ1) is 8.15. The number of methoxy groups -OCH3 is 1. The second kappa shape index (κ2) is 7.63. The topological polar surface area (TPSA) is 48.0 Å². The Bertz CT molecular complexity index is 233. The Hall–Kier alpha value is -0.650.